The Kier molecular flexibility index (Phi) is 5.07. The van der Waals surface area contributed by atoms with E-state index in [9.17, 15) is 4.79 Å². The van der Waals surface area contributed by atoms with Gasteiger partial charge in [-0.05, 0) is 43.9 Å². The van der Waals surface area contributed by atoms with Gasteiger partial charge in [0.25, 0.3) is 5.91 Å². The Morgan fingerprint density at radius 2 is 2.24 bits per heavy atom. The number of carbonyl (C=O) groups is 1. The number of rotatable bonds is 8. The first-order chi connectivity index (χ1) is 12.1. The maximum absolute atomic E-state index is 12.6. The van der Waals surface area contributed by atoms with Crippen molar-refractivity contribution in [3.8, 4) is 11.5 Å². The van der Waals surface area contributed by atoms with Crippen molar-refractivity contribution in [1.82, 2.24) is 9.78 Å². The molecule has 0 spiro atoms. The number of methoxy groups -OCH3 is 1. The Morgan fingerprint density at radius 3 is 2.92 bits per heavy atom. The zero-order valence-electron chi connectivity index (χ0n) is 14.6. The van der Waals surface area contributed by atoms with Crippen LogP contribution < -0.4 is 14.8 Å². The van der Waals surface area contributed by atoms with Gasteiger partial charge in [-0.15, -0.1) is 0 Å². The van der Waals surface area contributed by atoms with E-state index in [1.165, 1.54) is 12.8 Å². The molecule has 25 heavy (non-hydrogen) atoms. The van der Waals surface area contributed by atoms with Gasteiger partial charge in [0.1, 0.15) is 12.4 Å². The number of hydrogen-bond acceptors (Lipinski definition) is 4. The fraction of sp³-hybridized carbons (Fsp3) is 0.368. The summed E-state index contributed by atoms with van der Waals surface area (Å²) in [4.78, 5) is 12.6. The number of nitrogens with one attached hydrogen (secondary N) is 1. The molecule has 3 rings (SSSR count). The maximum atomic E-state index is 12.6. The molecule has 0 bridgehead atoms. The standard InChI is InChI=1S/C19H23N3O3/c1-4-11-25-16-8-7-15(12-17(16)24-3)19(23)21-18-9-10-20-22(18)13(2)14-5-6-14/h4,7-10,12-14H,1,5-6,11H2,2-3H3,(H,21,23). The van der Waals surface area contributed by atoms with Crippen LogP contribution in [0.5, 0.6) is 11.5 Å². The molecule has 132 valence electrons. The summed E-state index contributed by atoms with van der Waals surface area (Å²) in [5.41, 5.74) is 0.495. The van der Waals surface area contributed by atoms with Gasteiger partial charge in [0.2, 0.25) is 0 Å². The van der Waals surface area contributed by atoms with E-state index < -0.39 is 0 Å². The lowest BCUT2D eigenvalue weighted by atomic mass is 10.2. The van der Waals surface area contributed by atoms with Crippen molar-refractivity contribution in [2.75, 3.05) is 19.0 Å². The minimum atomic E-state index is -0.210. The predicted molar refractivity (Wildman–Crippen MR) is 96.3 cm³/mol. The number of carbonyl (C=O) groups excluding carboxylic acids is 1. The first-order valence-electron chi connectivity index (χ1n) is 8.40. The highest BCUT2D eigenvalue weighted by Gasteiger charge is 2.30. The third kappa shape index (κ3) is 3.84. The van der Waals surface area contributed by atoms with E-state index in [0.717, 1.165) is 0 Å². The summed E-state index contributed by atoms with van der Waals surface area (Å²) < 4.78 is 12.7. The molecule has 1 saturated carbocycles. The molecule has 6 nitrogen and oxygen atoms in total. The first kappa shape index (κ1) is 17.1. The molecule has 1 aromatic heterocycles. The van der Waals surface area contributed by atoms with Crippen LogP contribution in [0, 0.1) is 5.92 Å². The van der Waals surface area contributed by atoms with Gasteiger partial charge >= 0.3 is 0 Å². The van der Waals surface area contributed by atoms with E-state index in [4.69, 9.17) is 9.47 Å². The highest BCUT2D eigenvalue weighted by Crippen LogP contribution is 2.40. The molecule has 1 amide bonds. The molecule has 1 aromatic carbocycles. The lowest BCUT2D eigenvalue weighted by molar-refractivity contribution is 0.102. The highest BCUT2D eigenvalue weighted by atomic mass is 16.5. The van der Waals surface area contributed by atoms with Crippen LogP contribution in [0.15, 0.2) is 43.1 Å². The summed E-state index contributed by atoms with van der Waals surface area (Å²) >= 11 is 0. The number of anilines is 1. The van der Waals surface area contributed by atoms with Gasteiger partial charge in [-0.2, -0.15) is 5.10 Å². The summed E-state index contributed by atoms with van der Waals surface area (Å²) in [6.45, 7) is 6.13. The molecule has 1 unspecified atom stereocenters. The van der Waals surface area contributed by atoms with Crippen molar-refractivity contribution >= 4 is 11.7 Å². The molecular formula is C19H23N3O3. The normalized spacial score (nSPS) is 14.6. The fourth-order valence-corrected chi connectivity index (χ4v) is 2.78. The third-order valence-electron chi connectivity index (χ3n) is 4.38. The van der Waals surface area contributed by atoms with Crippen molar-refractivity contribution in [2.45, 2.75) is 25.8 Å². The Bertz CT molecular complexity index is 765. The monoisotopic (exact) mass is 341 g/mol. The Labute approximate surface area is 147 Å². The Hall–Kier alpha value is -2.76. The second-order valence-electron chi connectivity index (χ2n) is 6.16. The van der Waals surface area contributed by atoms with Gasteiger partial charge < -0.3 is 14.8 Å². The number of benzene rings is 1. The summed E-state index contributed by atoms with van der Waals surface area (Å²) in [5.74, 6) is 2.23. The van der Waals surface area contributed by atoms with Crippen LogP contribution in [0.25, 0.3) is 0 Å². The predicted octanol–water partition coefficient (Wildman–Crippen LogP) is 3.68. The average molecular weight is 341 g/mol. The molecule has 1 fully saturated rings. The number of amides is 1. The van der Waals surface area contributed by atoms with Crippen LogP contribution in [-0.2, 0) is 0 Å². The van der Waals surface area contributed by atoms with Crippen LogP contribution in [-0.4, -0.2) is 29.4 Å². The minimum absolute atomic E-state index is 0.210. The van der Waals surface area contributed by atoms with Crippen LogP contribution in [0.4, 0.5) is 5.82 Å². The smallest absolute Gasteiger partial charge is 0.256 e. The zero-order chi connectivity index (χ0) is 17.8. The van der Waals surface area contributed by atoms with E-state index in [1.807, 2.05) is 10.7 Å². The topological polar surface area (TPSA) is 65.4 Å². The van der Waals surface area contributed by atoms with Crippen LogP contribution in [0.2, 0.25) is 0 Å². The molecule has 0 radical (unpaired) electrons. The van der Waals surface area contributed by atoms with Gasteiger partial charge in [-0.1, -0.05) is 12.7 Å². The molecule has 1 atom stereocenters. The van der Waals surface area contributed by atoms with Gasteiger partial charge in [0, 0.05) is 11.6 Å². The quantitative estimate of drug-likeness (QED) is 0.744. The molecule has 1 N–H and O–H groups in total. The van der Waals surface area contributed by atoms with Crippen LogP contribution in [0.1, 0.15) is 36.2 Å². The van der Waals surface area contributed by atoms with E-state index in [1.54, 1.807) is 37.6 Å². The average Bonchev–Trinajstić information content (AvgIpc) is 3.38. The maximum Gasteiger partial charge on any atom is 0.256 e. The van der Waals surface area contributed by atoms with E-state index in [-0.39, 0.29) is 11.9 Å². The van der Waals surface area contributed by atoms with Crippen molar-refractivity contribution < 1.29 is 14.3 Å². The van der Waals surface area contributed by atoms with E-state index in [2.05, 4.69) is 23.9 Å². The van der Waals surface area contributed by atoms with Crippen molar-refractivity contribution in [3.05, 3.63) is 48.7 Å². The number of nitrogens with zero attached hydrogens (tertiary/aromatic N) is 2. The zero-order valence-corrected chi connectivity index (χ0v) is 14.6. The SMILES string of the molecule is C=CCOc1ccc(C(=O)Nc2ccnn2C(C)C2CC2)cc1OC. The minimum Gasteiger partial charge on any atom is -0.493 e. The van der Waals surface area contributed by atoms with Crippen LogP contribution >= 0.6 is 0 Å². The summed E-state index contributed by atoms with van der Waals surface area (Å²) in [5, 5.41) is 7.29. The number of aromatic nitrogens is 2. The molecule has 2 aromatic rings. The van der Waals surface area contributed by atoms with E-state index in [0.29, 0.717) is 35.4 Å². The van der Waals surface area contributed by atoms with Crippen LogP contribution in [0.3, 0.4) is 0 Å². The molecule has 1 aliphatic rings. The van der Waals surface area contributed by atoms with Crippen molar-refractivity contribution in [3.63, 3.8) is 0 Å². The lowest BCUT2D eigenvalue weighted by Crippen LogP contribution is -2.18. The molecular weight excluding hydrogens is 318 g/mol. The largest absolute Gasteiger partial charge is 0.493 e. The van der Waals surface area contributed by atoms with Gasteiger partial charge in [0.15, 0.2) is 11.5 Å². The number of hydrogen-bond donors (Lipinski definition) is 1. The molecule has 1 aliphatic carbocycles. The molecule has 0 saturated heterocycles. The summed E-state index contributed by atoms with van der Waals surface area (Å²) in [6.07, 6.45) is 5.80. The first-order valence-corrected chi connectivity index (χ1v) is 8.40. The fourth-order valence-electron chi connectivity index (χ4n) is 2.78. The third-order valence-corrected chi connectivity index (χ3v) is 4.38. The summed E-state index contributed by atoms with van der Waals surface area (Å²) in [7, 11) is 1.55. The van der Waals surface area contributed by atoms with Gasteiger partial charge in [0.05, 0.1) is 19.3 Å². The van der Waals surface area contributed by atoms with Crippen molar-refractivity contribution in [2.24, 2.45) is 5.92 Å². The highest BCUT2D eigenvalue weighted by molar-refractivity contribution is 6.04. The molecule has 6 heteroatoms. The van der Waals surface area contributed by atoms with Gasteiger partial charge in [-0.25, -0.2) is 4.68 Å². The van der Waals surface area contributed by atoms with Gasteiger partial charge in [-0.3, -0.25) is 4.79 Å². The van der Waals surface area contributed by atoms with E-state index >= 15 is 0 Å². The second-order valence-corrected chi connectivity index (χ2v) is 6.16. The Balaban J connectivity index is 1.75. The Morgan fingerprint density at radius 1 is 1.44 bits per heavy atom. The lowest BCUT2D eigenvalue weighted by Gasteiger charge is -2.16. The number of ether oxygens (including phenoxy) is 2. The molecule has 0 aliphatic heterocycles. The van der Waals surface area contributed by atoms with Crippen molar-refractivity contribution in [1.29, 1.82) is 0 Å². The molecule has 1 heterocycles. The second kappa shape index (κ2) is 7.42. The summed E-state index contributed by atoms with van der Waals surface area (Å²) in [6, 6.07) is 7.20.